The summed E-state index contributed by atoms with van der Waals surface area (Å²) in [7, 11) is 0. The molecule has 0 fully saturated rings. The summed E-state index contributed by atoms with van der Waals surface area (Å²) < 4.78 is 3.20. The van der Waals surface area contributed by atoms with Crippen molar-refractivity contribution in [2.45, 2.75) is 6.61 Å². The molecule has 1 nitrogen and oxygen atoms in total. The van der Waals surface area contributed by atoms with E-state index in [0.717, 1.165) is 24.6 Å². The zero-order valence-corrected chi connectivity index (χ0v) is 10.5. The van der Waals surface area contributed by atoms with E-state index >= 15 is 0 Å². The molecule has 0 saturated carbocycles. The first-order valence-electron chi connectivity index (χ1n) is 3.69. The Labute approximate surface area is 96.6 Å². The van der Waals surface area contributed by atoms with Crippen molar-refractivity contribution < 1.29 is 5.11 Å². The highest BCUT2D eigenvalue weighted by atomic mass is 79.9. The molecule has 0 unspecified atom stereocenters. The van der Waals surface area contributed by atoms with Crippen LogP contribution in [0.25, 0.3) is 10.1 Å². The summed E-state index contributed by atoms with van der Waals surface area (Å²) in [5.41, 5.74) is 0.972. The molecule has 0 radical (unpaired) electrons. The summed E-state index contributed by atoms with van der Waals surface area (Å²) in [5.74, 6) is 0. The van der Waals surface area contributed by atoms with Gasteiger partial charge in [0, 0.05) is 19.0 Å². The molecule has 0 aliphatic rings. The van der Waals surface area contributed by atoms with Crippen LogP contribution in [0.5, 0.6) is 0 Å². The Kier molecular flexibility index (Phi) is 2.74. The predicted octanol–water partition coefficient (Wildman–Crippen LogP) is 3.92. The lowest BCUT2D eigenvalue weighted by Gasteiger charge is -2.03. The number of fused-ring (bicyclic) bond motifs is 1. The fraction of sp³-hybridized carbons (Fsp3) is 0.111. The molecule has 0 saturated heterocycles. The first-order chi connectivity index (χ1) is 6.24. The van der Waals surface area contributed by atoms with Crippen LogP contribution in [-0.4, -0.2) is 5.11 Å². The van der Waals surface area contributed by atoms with Crippen molar-refractivity contribution in [1.29, 1.82) is 0 Å². The zero-order valence-electron chi connectivity index (χ0n) is 6.55. The fourth-order valence-electron chi connectivity index (χ4n) is 1.26. The van der Waals surface area contributed by atoms with Gasteiger partial charge in [0.1, 0.15) is 0 Å². The van der Waals surface area contributed by atoms with E-state index < -0.39 is 0 Å². The van der Waals surface area contributed by atoms with E-state index in [1.807, 2.05) is 17.5 Å². The molecular weight excluding hydrogens is 316 g/mol. The van der Waals surface area contributed by atoms with Gasteiger partial charge in [0.25, 0.3) is 0 Å². The lowest BCUT2D eigenvalue weighted by Crippen LogP contribution is -1.84. The van der Waals surface area contributed by atoms with Crippen molar-refractivity contribution >= 4 is 53.3 Å². The van der Waals surface area contributed by atoms with Gasteiger partial charge >= 0.3 is 0 Å². The van der Waals surface area contributed by atoms with Crippen LogP contribution in [0, 0.1) is 0 Å². The number of rotatable bonds is 1. The van der Waals surface area contributed by atoms with Crippen LogP contribution in [0.2, 0.25) is 0 Å². The molecule has 0 amide bonds. The van der Waals surface area contributed by atoms with Gasteiger partial charge in [0.15, 0.2) is 0 Å². The molecule has 0 bridgehead atoms. The molecular formula is C9H6Br2OS. The Morgan fingerprint density at radius 1 is 1.38 bits per heavy atom. The SMILES string of the molecule is OCc1cc(Br)c(Br)c2ccsc12. The van der Waals surface area contributed by atoms with E-state index in [0.29, 0.717) is 0 Å². The largest absolute Gasteiger partial charge is 0.392 e. The second kappa shape index (κ2) is 3.69. The number of aliphatic hydroxyl groups is 1. The molecule has 4 heteroatoms. The lowest BCUT2D eigenvalue weighted by atomic mass is 10.2. The summed E-state index contributed by atoms with van der Waals surface area (Å²) in [6, 6.07) is 4.00. The number of hydrogen-bond donors (Lipinski definition) is 1. The van der Waals surface area contributed by atoms with Crippen LogP contribution in [0.4, 0.5) is 0 Å². The van der Waals surface area contributed by atoms with Gasteiger partial charge in [-0.2, -0.15) is 0 Å². The van der Waals surface area contributed by atoms with Gasteiger partial charge in [-0.15, -0.1) is 11.3 Å². The Bertz CT molecular complexity index is 450. The Morgan fingerprint density at radius 3 is 2.85 bits per heavy atom. The molecule has 0 spiro atoms. The maximum atomic E-state index is 9.14. The molecule has 1 aromatic heterocycles. The molecule has 0 atom stereocenters. The minimum atomic E-state index is 0.0862. The Morgan fingerprint density at radius 2 is 2.15 bits per heavy atom. The van der Waals surface area contributed by atoms with Gasteiger partial charge in [-0.3, -0.25) is 0 Å². The maximum Gasteiger partial charge on any atom is 0.0696 e. The zero-order chi connectivity index (χ0) is 9.42. The van der Waals surface area contributed by atoms with Crippen LogP contribution in [0.1, 0.15) is 5.56 Å². The number of halogens is 2. The molecule has 1 aromatic carbocycles. The van der Waals surface area contributed by atoms with E-state index in [4.69, 9.17) is 5.11 Å². The average molecular weight is 322 g/mol. The topological polar surface area (TPSA) is 20.2 Å². The van der Waals surface area contributed by atoms with E-state index in [-0.39, 0.29) is 6.61 Å². The molecule has 2 aromatic rings. The van der Waals surface area contributed by atoms with Gasteiger partial charge in [0.2, 0.25) is 0 Å². The number of thiophene rings is 1. The van der Waals surface area contributed by atoms with Crippen molar-refractivity contribution in [3.8, 4) is 0 Å². The van der Waals surface area contributed by atoms with Crippen LogP contribution in [0.3, 0.4) is 0 Å². The minimum absolute atomic E-state index is 0.0862. The summed E-state index contributed by atoms with van der Waals surface area (Å²) in [6.45, 7) is 0.0862. The highest BCUT2D eigenvalue weighted by Crippen LogP contribution is 2.36. The van der Waals surface area contributed by atoms with E-state index in [9.17, 15) is 0 Å². The maximum absolute atomic E-state index is 9.14. The minimum Gasteiger partial charge on any atom is -0.392 e. The smallest absolute Gasteiger partial charge is 0.0696 e. The Hall–Kier alpha value is 0.1000. The van der Waals surface area contributed by atoms with Crippen LogP contribution >= 0.6 is 43.2 Å². The van der Waals surface area contributed by atoms with Crippen molar-refractivity contribution in [2.75, 3.05) is 0 Å². The molecule has 2 rings (SSSR count). The number of hydrogen-bond acceptors (Lipinski definition) is 2. The van der Waals surface area contributed by atoms with Crippen molar-refractivity contribution in [2.24, 2.45) is 0 Å². The van der Waals surface area contributed by atoms with Crippen molar-refractivity contribution in [3.05, 3.63) is 32.0 Å². The molecule has 0 aliphatic heterocycles. The van der Waals surface area contributed by atoms with Crippen LogP contribution < -0.4 is 0 Å². The monoisotopic (exact) mass is 320 g/mol. The third-order valence-corrected chi connectivity index (χ3v) is 4.88. The van der Waals surface area contributed by atoms with Crippen LogP contribution in [-0.2, 0) is 6.61 Å². The van der Waals surface area contributed by atoms with Gasteiger partial charge in [0.05, 0.1) is 6.61 Å². The molecule has 68 valence electrons. The molecule has 0 aliphatic carbocycles. The lowest BCUT2D eigenvalue weighted by molar-refractivity contribution is 0.283. The summed E-state index contributed by atoms with van der Waals surface area (Å²) >= 11 is 8.59. The van der Waals surface area contributed by atoms with Gasteiger partial charge in [-0.1, -0.05) is 0 Å². The average Bonchev–Trinajstić information content (AvgIpc) is 2.60. The molecule has 1 heterocycles. The summed E-state index contributed by atoms with van der Waals surface area (Å²) in [5, 5.41) is 12.3. The number of aliphatic hydroxyl groups excluding tert-OH is 1. The van der Waals surface area contributed by atoms with E-state index in [1.54, 1.807) is 11.3 Å². The highest BCUT2D eigenvalue weighted by molar-refractivity contribution is 9.13. The second-order valence-corrected chi connectivity index (χ2v) is 5.22. The molecule has 13 heavy (non-hydrogen) atoms. The predicted molar refractivity (Wildman–Crippen MR) is 63.1 cm³/mol. The number of benzene rings is 1. The standard InChI is InChI=1S/C9H6Br2OS/c10-7-3-5(4-12)9-6(8(7)11)1-2-13-9/h1-3,12H,4H2. The third kappa shape index (κ3) is 1.56. The van der Waals surface area contributed by atoms with Gasteiger partial charge in [-0.25, -0.2) is 0 Å². The first-order valence-corrected chi connectivity index (χ1v) is 6.15. The van der Waals surface area contributed by atoms with E-state index in [2.05, 4.69) is 31.9 Å². The molecule has 1 N–H and O–H groups in total. The van der Waals surface area contributed by atoms with Crippen molar-refractivity contribution in [1.82, 2.24) is 0 Å². The van der Waals surface area contributed by atoms with Gasteiger partial charge in [-0.05, 0) is 54.9 Å². The Balaban J connectivity index is 2.87. The fourth-order valence-corrected chi connectivity index (χ4v) is 3.24. The normalized spacial score (nSPS) is 11.0. The third-order valence-electron chi connectivity index (χ3n) is 1.87. The highest BCUT2D eigenvalue weighted by Gasteiger charge is 2.08. The van der Waals surface area contributed by atoms with E-state index in [1.165, 1.54) is 0 Å². The van der Waals surface area contributed by atoms with Crippen molar-refractivity contribution in [3.63, 3.8) is 0 Å². The quantitative estimate of drug-likeness (QED) is 0.844. The first kappa shape index (κ1) is 9.65. The van der Waals surface area contributed by atoms with Gasteiger partial charge < -0.3 is 5.11 Å². The summed E-state index contributed by atoms with van der Waals surface area (Å²) in [6.07, 6.45) is 0. The summed E-state index contributed by atoms with van der Waals surface area (Å²) in [4.78, 5) is 0. The van der Waals surface area contributed by atoms with Crippen LogP contribution in [0.15, 0.2) is 26.5 Å². The second-order valence-electron chi connectivity index (χ2n) is 2.65.